The molecule has 1 aliphatic heterocycles. The zero-order chi connectivity index (χ0) is 16.4. The van der Waals surface area contributed by atoms with Crippen LogP contribution >= 0.6 is 0 Å². The summed E-state index contributed by atoms with van der Waals surface area (Å²) in [7, 11) is 0. The molecule has 1 aromatic carbocycles. The van der Waals surface area contributed by atoms with Crippen LogP contribution in [0.4, 0.5) is 0 Å². The van der Waals surface area contributed by atoms with Gasteiger partial charge in [0.25, 0.3) is 5.91 Å². The van der Waals surface area contributed by atoms with Crippen molar-refractivity contribution in [1.29, 1.82) is 0 Å². The maximum absolute atomic E-state index is 12.8. The van der Waals surface area contributed by atoms with Crippen molar-refractivity contribution in [3.05, 3.63) is 41.7 Å². The monoisotopic (exact) mass is 316 g/mol. The second-order valence-electron chi connectivity index (χ2n) is 5.28. The van der Waals surface area contributed by atoms with Crippen LogP contribution in [0.2, 0.25) is 0 Å². The summed E-state index contributed by atoms with van der Waals surface area (Å²) in [6.45, 7) is 2.20. The van der Waals surface area contributed by atoms with Gasteiger partial charge in [-0.3, -0.25) is 4.79 Å². The molecule has 1 aliphatic rings. The zero-order valence-electron chi connectivity index (χ0n) is 12.6. The average molecular weight is 316 g/mol. The van der Waals surface area contributed by atoms with Gasteiger partial charge in [-0.2, -0.15) is 0 Å². The first kappa shape index (κ1) is 15.2. The molecule has 23 heavy (non-hydrogen) atoms. The Balaban J connectivity index is 1.91. The van der Waals surface area contributed by atoms with E-state index >= 15 is 0 Å². The lowest BCUT2D eigenvalue weighted by Crippen LogP contribution is -2.48. The van der Waals surface area contributed by atoms with Crippen molar-refractivity contribution in [3.63, 3.8) is 0 Å². The van der Waals surface area contributed by atoms with Crippen molar-refractivity contribution in [1.82, 2.24) is 10.1 Å². The number of aromatic nitrogens is 1. The highest BCUT2D eigenvalue weighted by Crippen LogP contribution is 2.26. The lowest BCUT2D eigenvalue weighted by Gasteiger charge is -2.30. The first-order valence-corrected chi connectivity index (χ1v) is 7.23. The van der Waals surface area contributed by atoms with Crippen LogP contribution in [0, 0.1) is 6.92 Å². The van der Waals surface area contributed by atoms with E-state index in [0.717, 1.165) is 5.56 Å². The minimum Gasteiger partial charge on any atom is -0.479 e. The largest absolute Gasteiger partial charge is 0.479 e. The third kappa shape index (κ3) is 2.95. The van der Waals surface area contributed by atoms with Gasteiger partial charge in [0, 0.05) is 12.1 Å². The van der Waals surface area contributed by atoms with E-state index in [2.05, 4.69) is 5.16 Å². The molecule has 1 amide bonds. The molecular formula is C16H16N2O5. The number of carboxylic acid groups (broad SMARTS) is 1. The second-order valence-corrected chi connectivity index (χ2v) is 5.28. The molecule has 1 saturated heterocycles. The molecule has 0 bridgehead atoms. The topological polar surface area (TPSA) is 92.9 Å². The normalized spacial score (nSPS) is 18.0. The predicted molar refractivity (Wildman–Crippen MR) is 80.0 cm³/mol. The van der Waals surface area contributed by atoms with E-state index < -0.39 is 12.1 Å². The van der Waals surface area contributed by atoms with E-state index in [-0.39, 0.29) is 19.1 Å². The van der Waals surface area contributed by atoms with Gasteiger partial charge in [0.05, 0.1) is 13.2 Å². The van der Waals surface area contributed by atoms with E-state index in [1.807, 2.05) is 30.3 Å². The summed E-state index contributed by atoms with van der Waals surface area (Å²) < 4.78 is 10.3. The van der Waals surface area contributed by atoms with E-state index in [0.29, 0.717) is 23.6 Å². The van der Waals surface area contributed by atoms with E-state index in [4.69, 9.17) is 14.4 Å². The van der Waals surface area contributed by atoms with Crippen molar-refractivity contribution >= 4 is 11.9 Å². The minimum atomic E-state index is -1.08. The number of rotatable bonds is 3. The van der Waals surface area contributed by atoms with Crippen LogP contribution in [0.3, 0.4) is 0 Å². The number of hydrogen-bond donors (Lipinski definition) is 1. The number of benzene rings is 1. The molecule has 2 aromatic rings. The molecule has 1 fully saturated rings. The first-order chi connectivity index (χ1) is 11.1. The summed E-state index contributed by atoms with van der Waals surface area (Å²) in [4.78, 5) is 25.4. The highest BCUT2D eigenvalue weighted by molar-refractivity contribution is 6.01. The smallest absolute Gasteiger partial charge is 0.334 e. The van der Waals surface area contributed by atoms with Gasteiger partial charge in [-0.25, -0.2) is 4.79 Å². The Morgan fingerprint density at radius 3 is 2.74 bits per heavy atom. The van der Waals surface area contributed by atoms with Gasteiger partial charge >= 0.3 is 5.97 Å². The number of nitrogens with zero attached hydrogens (tertiary/aromatic N) is 2. The molecule has 1 unspecified atom stereocenters. The van der Waals surface area contributed by atoms with Crippen LogP contribution in [-0.4, -0.2) is 52.8 Å². The minimum absolute atomic E-state index is 0.00696. The molecule has 1 aromatic heterocycles. The summed E-state index contributed by atoms with van der Waals surface area (Å²) in [5, 5.41) is 13.0. The lowest BCUT2D eigenvalue weighted by atomic mass is 10.0. The maximum Gasteiger partial charge on any atom is 0.334 e. The lowest BCUT2D eigenvalue weighted by molar-refractivity contribution is -0.154. The van der Waals surface area contributed by atoms with Crippen LogP contribution in [-0.2, 0) is 9.53 Å². The summed E-state index contributed by atoms with van der Waals surface area (Å²) >= 11 is 0. The van der Waals surface area contributed by atoms with Gasteiger partial charge in [0.2, 0.25) is 0 Å². The van der Waals surface area contributed by atoms with Crippen LogP contribution in [0.15, 0.2) is 34.9 Å². The molecule has 7 nitrogen and oxygen atoms in total. The molecule has 2 heterocycles. The van der Waals surface area contributed by atoms with Crippen molar-refractivity contribution in [2.45, 2.75) is 13.0 Å². The standard InChI is InChI=1S/C16H16N2O5/c1-10-13(14(17-23-10)11-5-3-2-4-6-11)15(19)18-7-8-22-12(9-18)16(20)21/h2-6,12H,7-9H2,1H3,(H,20,21). The Morgan fingerprint density at radius 1 is 1.30 bits per heavy atom. The van der Waals surface area contributed by atoms with Crippen LogP contribution in [0.1, 0.15) is 16.1 Å². The van der Waals surface area contributed by atoms with Crippen molar-refractivity contribution in [2.75, 3.05) is 19.7 Å². The van der Waals surface area contributed by atoms with Crippen molar-refractivity contribution in [3.8, 4) is 11.3 Å². The van der Waals surface area contributed by atoms with Gasteiger partial charge in [-0.1, -0.05) is 35.5 Å². The predicted octanol–water partition coefficient (Wildman–Crippen LogP) is 1.58. The molecule has 3 rings (SSSR count). The number of aryl methyl sites for hydroxylation is 1. The van der Waals surface area contributed by atoms with Crippen molar-refractivity contribution in [2.24, 2.45) is 0 Å². The van der Waals surface area contributed by atoms with Gasteiger partial charge < -0.3 is 19.3 Å². The molecule has 0 radical (unpaired) electrons. The molecule has 0 saturated carbocycles. The highest BCUT2D eigenvalue weighted by atomic mass is 16.5. The number of morpholine rings is 1. The van der Waals surface area contributed by atoms with Gasteiger partial charge in [-0.05, 0) is 6.92 Å². The molecule has 7 heteroatoms. The number of carbonyl (C=O) groups excluding carboxylic acids is 1. The van der Waals surface area contributed by atoms with Crippen molar-refractivity contribution < 1.29 is 24.0 Å². The number of amides is 1. The molecule has 120 valence electrons. The third-order valence-corrected chi connectivity index (χ3v) is 3.75. The van der Waals surface area contributed by atoms with E-state index in [1.165, 1.54) is 4.90 Å². The SMILES string of the molecule is Cc1onc(-c2ccccc2)c1C(=O)N1CCOC(C(=O)O)C1. The summed E-state index contributed by atoms with van der Waals surface area (Å²) in [5.74, 6) is -0.961. The zero-order valence-corrected chi connectivity index (χ0v) is 12.6. The molecule has 0 aliphatic carbocycles. The van der Waals surface area contributed by atoms with Gasteiger partial charge in [0.1, 0.15) is 17.0 Å². The van der Waals surface area contributed by atoms with Crippen LogP contribution in [0.25, 0.3) is 11.3 Å². The number of carbonyl (C=O) groups is 2. The summed E-state index contributed by atoms with van der Waals surface area (Å²) in [5.41, 5.74) is 1.60. The van der Waals surface area contributed by atoms with Gasteiger partial charge in [0.15, 0.2) is 6.10 Å². The van der Waals surface area contributed by atoms with Gasteiger partial charge in [-0.15, -0.1) is 0 Å². The van der Waals surface area contributed by atoms with E-state index in [9.17, 15) is 9.59 Å². The fraction of sp³-hybridized carbons (Fsp3) is 0.312. The number of aliphatic carboxylic acids is 1. The quantitative estimate of drug-likeness (QED) is 0.924. The Hall–Kier alpha value is -2.67. The highest BCUT2D eigenvalue weighted by Gasteiger charge is 2.32. The number of ether oxygens (including phenoxy) is 1. The Labute approximate surface area is 132 Å². The average Bonchev–Trinajstić information content (AvgIpc) is 2.96. The Kier molecular flexibility index (Phi) is 4.12. The Morgan fingerprint density at radius 2 is 2.04 bits per heavy atom. The maximum atomic E-state index is 12.8. The fourth-order valence-electron chi connectivity index (χ4n) is 2.56. The first-order valence-electron chi connectivity index (χ1n) is 7.23. The molecule has 0 spiro atoms. The molecular weight excluding hydrogens is 300 g/mol. The van der Waals surface area contributed by atoms with E-state index in [1.54, 1.807) is 6.92 Å². The molecule has 1 atom stereocenters. The number of hydrogen-bond acceptors (Lipinski definition) is 5. The summed E-state index contributed by atoms with van der Waals surface area (Å²) in [6.07, 6.45) is -1.01. The summed E-state index contributed by atoms with van der Waals surface area (Å²) in [6, 6.07) is 9.25. The molecule has 1 N–H and O–H groups in total. The Bertz CT molecular complexity index is 725. The van der Waals surface area contributed by atoms with Crippen LogP contribution in [0.5, 0.6) is 0 Å². The van der Waals surface area contributed by atoms with Crippen LogP contribution < -0.4 is 0 Å². The second kappa shape index (κ2) is 6.21. The fourth-order valence-corrected chi connectivity index (χ4v) is 2.56. The third-order valence-electron chi connectivity index (χ3n) is 3.75. The number of carboxylic acids is 1.